The first-order chi connectivity index (χ1) is 12.4. The highest BCUT2D eigenvalue weighted by Gasteiger charge is 2.53. The van der Waals surface area contributed by atoms with Crippen molar-refractivity contribution in [3.8, 4) is 0 Å². The first kappa shape index (κ1) is 24.1. The third kappa shape index (κ3) is 9.02. The van der Waals surface area contributed by atoms with Gasteiger partial charge < -0.3 is 15.3 Å². The zero-order valence-electron chi connectivity index (χ0n) is 15.9. The van der Waals surface area contributed by atoms with E-state index < -0.39 is 23.3 Å². The molecule has 26 heavy (non-hydrogen) atoms. The van der Waals surface area contributed by atoms with E-state index >= 15 is 0 Å². The number of aliphatic carboxylic acids is 3. The molecular formula is C20H34O6. The average molecular weight is 370 g/mol. The largest absolute Gasteiger partial charge is 0.480 e. The number of allylic oxidation sites excluding steroid dienone is 2. The van der Waals surface area contributed by atoms with Gasteiger partial charge in [0.1, 0.15) is 0 Å². The standard InChI is InChI=1S/C20H34O6/c1-2-3-4-5-6-7-8-9-10-11-12-13-14-15-16-20(17(21)22,18(23)24)19(25)26/h9-10H,2-8,11-16H2,1H3,(H,21,22)(H,23,24)(H,25,26). The molecule has 0 bridgehead atoms. The summed E-state index contributed by atoms with van der Waals surface area (Å²) in [5.74, 6) is -5.43. The van der Waals surface area contributed by atoms with Crippen molar-refractivity contribution in [1.82, 2.24) is 0 Å². The summed E-state index contributed by atoms with van der Waals surface area (Å²) in [5, 5.41) is 27.0. The van der Waals surface area contributed by atoms with Crippen LogP contribution in [0.4, 0.5) is 0 Å². The molecule has 3 N–H and O–H groups in total. The highest BCUT2D eigenvalue weighted by molar-refractivity contribution is 6.16. The van der Waals surface area contributed by atoms with Crippen molar-refractivity contribution in [1.29, 1.82) is 0 Å². The first-order valence-corrected chi connectivity index (χ1v) is 9.74. The summed E-state index contributed by atoms with van der Waals surface area (Å²) in [5.41, 5.74) is -2.73. The van der Waals surface area contributed by atoms with Gasteiger partial charge in [0.25, 0.3) is 5.41 Å². The number of carboxylic acid groups (broad SMARTS) is 3. The summed E-state index contributed by atoms with van der Waals surface area (Å²) in [6, 6.07) is 0. The highest BCUT2D eigenvalue weighted by atomic mass is 16.4. The van der Waals surface area contributed by atoms with Crippen molar-refractivity contribution in [2.75, 3.05) is 0 Å². The molecule has 0 saturated carbocycles. The fraction of sp³-hybridized carbons (Fsp3) is 0.750. The molecule has 0 radical (unpaired) electrons. The van der Waals surface area contributed by atoms with Gasteiger partial charge >= 0.3 is 17.9 Å². The molecule has 0 aliphatic carbocycles. The zero-order valence-corrected chi connectivity index (χ0v) is 15.9. The van der Waals surface area contributed by atoms with E-state index in [0.717, 1.165) is 25.7 Å². The molecule has 150 valence electrons. The van der Waals surface area contributed by atoms with Crippen LogP contribution in [-0.2, 0) is 14.4 Å². The van der Waals surface area contributed by atoms with Crippen molar-refractivity contribution in [2.24, 2.45) is 5.41 Å². The van der Waals surface area contributed by atoms with E-state index in [0.29, 0.717) is 6.42 Å². The lowest BCUT2D eigenvalue weighted by Gasteiger charge is -2.19. The van der Waals surface area contributed by atoms with Crippen molar-refractivity contribution in [3.05, 3.63) is 12.2 Å². The fourth-order valence-corrected chi connectivity index (χ4v) is 2.88. The van der Waals surface area contributed by atoms with Gasteiger partial charge in [-0.3, -0.25) is 14.4 Å². The maximum absolute atomic E-state index is 11.1. The molecule has 0 saturated heterocycles. The van der Waals surface area contributed by atoms with Crippen molar-refractivity contribution < 1.29 is 29.7 Å². The van der Waals surface area contributed by atoms with E-state index in [9.17, 15) is 14.4 Å². The fourth-order valence-electron chi connectivity index (χ4n) is 2.88. The lowest BCUT2D eigenvalue weighted by molar-refractivity contribution is -0.176. The van der Waals surface area contributed by atoms with Gasteiger partial charge in [-0.15, -0.1) is 0 Å². The van der Waals surface area contributed by atoms with Crippen molar-refractivity contribution >= 4 is 17.9 Å². The lowest BCUT2D eigenvalue weighted by atomic mass is 9.82. The van der Waals surface area contributed by atoms with E-state index in [1.807, 2.05) is 0 Å². The molecule has 0 aliphatic heterocycles. The lowest BCUT2D eigenvalue weighted by Crippen LogP contribution is -2.46. The summed E-state index contributed by atoms with van der Waals surface area (Å²) in [7, 11) is 0. The van der Waals surface area contributed by atoms with Gasteiger partial charge in [0.15, 0.2) is 0 Å². The zero-order chi connectivity index (χ0) is 19.8. The Balaban J connectivity index is 3.80. The van der Waals surface area contributed by atoms with E-state index in [4.69, 9.17) is 15.3 Å². The molecule has 0 aliphatic rings. The van der Waals surface area contributed by atoms with Crippen LogP contribution < -0.4 is 0 Å². The maximum atomic E-state index is 11.1. The summed E-state index contributed by atoms with van der Waals surface area (Å²) < 4.78 is 0. The summed E-state index contributed by atoms with van der Waals surface area (Å²) in [6.07, 6.45) is 16.4. The van der Waals surface area contributed by atoms with Gasteiger partial charge in [-0.2, -0.15) is 0 Å². The number of rotatable bonds is 17. The second-order valence-corrected chi connectivity index (χ2v) is 6.80. The van der Waals surface area contributed by atoms with Gasteiger partial charge in [-0.05, 0) is 32.1 Å². The van der Waals surface area contributed by atoms with Crippen LogP contribution in [0.1, 0.15) is 90.4 Å². The molecule has 0 heterocycles. The molecule has 6 nitrogen and oxygen atoms in total. The Morgan fingerprint density at radius 1 is 0.654 bits per heavy atom. The summed E-state index contributed by atoms with van der Waals surface area (Å²) >= 11 is 0. The first-order valence-electron chi connectivity index (χ1n) is 9.74. The minimum absolute atomic E-state index is 0.270. The van der Waals surface area contributed by atoms with Crippen LogP contribution >= 0.6 is 0 Å². The summed E-state index contributed by atoms with van der Waals surface area (Å²) in [4.78, 5) is 33.3. The predicted molar refractivity (Wildman–Crippen MR) is 100 cm³/mol. The Bertz CT molecular complexity index is 419. The topological polar surface area (TPSA) is 112 Å². The van der Waals surface area contributed by atoms with Gasteiger partial charge in [0, 0.05) is 0 Å². The van der Waals surface area contributed by atoms with E-state index in [1.54, 1.807) is 0 Å². The molecule has 0 rings (SSSR count). The van der Waals surface area contributed by atoms with Crippen molar-refractivity contribution in [3.63, 3.8) is 0 Å². The van der Waals surface area contributed by atoms with Crippen LogP contribution in [0.2, 0.25) is 0 Å². The number of carbonyl (C=O) groups is 3. The van der Waals surface area contributed by atoms with Crippen LogP contribution in [0.3, 0.4) is 0 Å². The van der Waals surface area contributed by atoms with E-state index in [1.165, 1.54) is 38.5 Å². The number of hydrogen-bond acceptors (Lipinski definition) is 3. The Labute approximate surface area is 156 Å². The number of hydrogen-bond donors (Lipinski definition) is 3. The van der Waals surface area contributed by atoms with Gasteiger partial charge in [-0.25, -0.2) is 0 Å². The molecule has 0 aromatic heterocycles. The smallest absolute Gasteiger partial charge is 0.332 e. The molecule has 0 unspecified atom stereocenters. The minimum Gasteiger partial charge on any atom is -0.480 e. The Hall–Kier alpha value is -1.85. The van der Waals surface area contributed by atoms with Crippen LogP contribution in [0, 0.1) is 5.41 Å². The second kappa shape index (κ2) is 14.3. The third-order valence-electron chi connectivity index (χ3n) is 4.66. The number of unbranched alkanes of at least 4 members (excludes halogenated alkanes) is 10. The Morgan fingerprint density at radius 3 is 1.46 bits per heavy atom. The highest BCUT2D eigenvalue weighted by Crippen LogP contribution is 2.27. The molecule has 0 amide bonds. The average Bonchev–Trinajstić information content (AvgIpc) is 2.57. The molecular weight excluding hydrogens is 336 g/mol. The Morgan fingerprint density at radius 2 is 1.04 bits per heavy atom. The SMILES string of the molecule is CCCCCCCCC=CCCCCCCC(C(=O)O)(C(=O)O)C(=O)O. The molecule has 0 atom stereocenters. The van der Waals surface area contributed by atoms with Crippen LogP contribution in [0.5, 0.6) is 0 Å². The quantitative estimate of drug-likeness (QED) is 0.191. The molecule has 0 fully saturated rings. The molecule has 0 spiro atoms. The van der Waals surface area contributed by atoms with Crippen LogP contribution in [0.25, 0.3) is 0 Å². The van der Waals surface area contributed by atoms with E-state index in [-0.39, 0.29) is 12.8 Å². The Kier molecular flexibility index (Phi) is 13.3. The molecule has 6 heteroatoms. The van der Waals surface area contributed by atoms with Crippen LogP contribution in [-0.4, -0.2) is 33.2 Å². The van der Waals surface area contributed by atoms with Gasteiger partial charge in [0.2, 0.25) is 0 Å². The van der Waals surface area contributed by atoms with E-state index in [2.05, 4.69) is 19.1 Å². The number of carboxylic acids is 3. The maximum Gasteiger partial charge on any atom is 0.332 e. The predicted octanol–water partition coefficient (Wildman–Crippen LogP) is 4.87. The second-order valence-electron chi connectivity index (χ2n) is 6.80. The van der Waals surface area contributed by atoms with Gasteiger partial charge in [0.05, 0.1) is 0 Å². The van der Waals surface area contributed by atoms with Gasteiger partial charge in [-0.1, -0.05) is 70.4 Å². The molecule has 0 aromatic carbocycles. The van der Waals surface area contributed by atoms with Crippen molar-refractivity contribution in [2.45, 2.75) is 90.4 Å². The monoisotopic (exact) mass is 370 g/mol. The molecule has 0 aromatic rings. The normalized spacial score (nSPS) is 11.7. The third-order valence-corrected chi connectivity index (χ3v) is 4.66. The minimum atomic E-state index is -2.73. The summed E-state index contributed by atoms with van der Waals surface area (Å²) in [6.45, 7) is 2.21. The van der Waals surface area contributed by atoms with Crippen LogP contribution in [0.15, 0.2) is 12.2 Å².